The molecule has 0 radical (unpaired) electrons. The van der Waals surface area contributed by atoms with Gasteiger partial charge in [-0.1, -0.05) is 19.9 Å². The summed E-state index contributed by atoms with van der Waals surface area (Å²) >= 11 is 0. The number of ether oxygens (including phenoxy) is 1. The van der Waals surface area contributed by atoms with Gasteiger partial charge in [0.15, 0.2) is 0 Å². The summed E-state index contributed by atoms with van der Waals surface area (Å²) < 4.78 is 45.6. The number of carbonyl (C=O) groups excluding carboxylic acids is 1. The number of fused-ring (bicyclic) bond motifs is 1. The van der Waals surface area contributed by atoms with E-state index < -0.39 is 17.7 Å². The van der Waals surface area contributed by atoms with E-state index in [1.165, 1.54) is 6.07 Å². The van der Waals surface area contributed by atoms with Crippen LogP contribution < -0.4 is 0 Å². The quantitative estimate of drug-likeness (QED) is 0.729. The van der Waals surface area contributed by atoms with Crippen molar-refractivity contribution in [2.24, 2.45) is 10.9 Å². The molecular formula is C18H20F3NO2. The van der Waals surface area contributed by atoms with Crippen LogP contribution in [0.2, 0.25) is 0 Å². The van der Waals surface area contributed by atoms with Gasteiger partial charge < -0.3 is 4.74 Å². The Kier molecular flexibility index (Phi) is 4.18. The highest BCUT2D eigenvalue weighted by atomic mass is 19.4. The number of benzene rings is 1. The van der Waals surface area contributed by atoms with E-state index in [-0.39, 0.29) is 35.8 Å². The van der Waals surface area contributed by atoms with Gasteiger partial charge in [0.05, 0.1) is 17.9 Å². The number of aliphatic imine (C=N–C) groups is 1. The molecule has 6 heteroatoms. The van der Waals surface area contributed by atoms with Gasteiger partial charge in [0.1, 0.15) is 5.71 Å². The summed E-state index contributed by atoms with van der Waals surface area (Å²) in [6, 6.07) is 3.04. The molecule has 130 valence electrons. The topological polar surface area (TPSA) is 38.7 Å². The van der Waals surface area contributed by atoms with Crippen molar-refractivity contribution in [3.05, 3.63) is 28.8 Å². The summed E-state index contributed by atoms with van der Waals surface area (Å²) in [4.78, 5) is 16.2. The summed E-state index contributed by atoms with van der Waals surface area (Å²) in [6.07, 6.45) is -2.65. The van der Waals surface area contributed by atoms with Crippen LogP contribution in [0.1, 0.15) is 62.1 Å². The molecule has 3 nitrogen and oxygen atoms in total. The molecule has 2 atom stereocenters. The standard InChI is InChI=1S/C18H20F3NO2/c1-4-24-17(23)15-10(3)9(2)13-7-12(11-5-6-11)8-14(16(13)22-15)18(19,20)21/h7-11H,4-6H2,1-3H3. The van der Waals surface area contributed by atoms with Crippen LogP contribution in [0.5, 0.6) is 0 Å². The second kappa shape index (κ2) is 5.90. The van der Waals surface area contributed by atoms with Gasteiger partial charge in [0.25, 0.3) is 0 Å². The van der Waals surface area contributed by atoms with E-state index >= 15 is 0 Å². The number of esters is 1. The minimum Gasteiger partial charge on any atom is -0.461 e. The van der Waals surface area contributed by atoms with Crippen LogP contribution in [-0.2, 0) is 15.7 Å². The molecule has 0 spiro atoms. The molecule has 0 amide bonds. The Balaban J connectivity index is 2.18. The zero-order chi connectivity index (χ0) is 17.6. The number of alkyl halides is 3. The van der Waals surface area contributed by atoms with Crippen LogP contribution in [0.4, 0.5) is 18.9 Å². The SMILES string of the molecule is CCOC(=O)C1=Nc2c(cc(C3CC3)cc2C(F)(F)F)C(C)C1C. The molecule has 1 aliphatic carbocycles. The van der Waals surface area contributed by atoms with E-state index in [4.69, 9.17) is 4.74 Å². The maximum atomic E-state index is 13.6. The van der Waals surface area contributed by atoms with Gasteiger partial charge in [-0.05, 0) is 48.8 Å². The molecule has 1 aliphatic heterocycles. The van der Waals surface area contributed by atoms with E-state index in [2.05, 4.69) is 4.99 Å². The molecule has 3 rings (SSSR count). The first kappa shape index (κ1) is 17.0. The molecular weight excluding hydrogens is 319 g/mol. The van der Waals surface area contributed by atoms with Crippen LogP contribution in [0.25, 0.3) is 0 Å². The molecule has 1 aromatic rings. The lowest BCUT2D eigenvalue weighted by atomic mass is 9.80. The Labute approximate surface area is 138 Å². The molecule has 0 N–H and O–H groups in total. The zero-order valence-electron chi connectivity index (χ0n) is 13.9. The highest BCUT2D eigenvalue weighted by Gasteiger charge is 2.41. The lowest BCUT2D eigenvalue weighted by Crippen LogP contribution is -2.30. The molecule has 24 heavy (non-hydrogen) atoms. The maximum absolute atomic E-state index is 13.6. The van der Waals surface area contributed by atoms with E-state index in [0.717, 1.165) is 18.4 Å². The van der Waals surface area contributed by atoms with Crippen molar-refractivity contribution < 1.29 is 22.7 Å². The number of hydrogen-bond donors (Lipinski definition) is 0. The Morgan fingerprint density at radius 1 is 1.25 bits per heavy atom. The fourth-order valence-corrected chi connectivity index (χ4v) is 3.19. The smallest absolute Gasteiger partial charge is 0.418 e. The van der Waals surface area contributed by atoms with Crippen molar-refractivity contribution in [1.29, 1.82) is 0 Å². The Hall–Kier alpha value is -1.85. The first-order valence-corrected chi connectivity index (χ1v) is 8.24. The lowest BCUT2D eigenvalue weighted by Gasteiger charge is -2.29. The first-order chi connectivity index (χ1) is 11.2. The Morgan fingerprint density at radius 2 is 1.92 bits per heavy atom. The normalized spacial score (nSPS) is 23.5. The minimum atomic E-state index is -4.50. The summed E-state index contributed by atoms with van der Waals surface area (Å²) in [5, 5.41) is 0. The fourth-order valence-electron chi connectivity index (χ4n) is 3.19. The summed E-state index contributed by atoms with van der Waals surface area (Å²) in [5.74, 6) is -0.931. The third-order valence-electron chi connectivity index (χ3n) is 4.90. The predicted molar refractivity (Wildman–Crippen MR) is 84.7 cm³/mol. The molecule has 1 heterocycles. The van der Waals surface area contributed by atoms with Crippen LogP contribution >= 0.6 is 0 Å². The Morgan fingerprint density at radius 3 is 2.46 bits per heavy atom. The zero-order valence-corrected chi connectivity index (χ0v) is 13.9. The molecule has 2 unspecified atom stereocenters. The van der Waals surface area contributed by atoms with Crippen molar-refractivity contribution in [1.82, 2.24) is 0 Å². The van der Waals surface area contributed by atoms with E-state index in [1.807, 2.05) is 13.0 Å². The van der Waals surface area contributed by atoms with Gasteiger partial charge in [-0.25, -0.2) is 9.79 Å². The molecule has 1 aromatic carbocycles. The molecule has 0 aromatic heterocycles. The van der Waals surface area contributed by atoms with Crippen molar-refractivity contribution in [3.8, 4) is 0 Å². The van der Waals surface area contributed by atoms with Gasteiger partial charge >= 0.3 is 12.1 Å². The molecule has 0 saturated heterocycles. The van der Waals surface area contributed by atoms with E-state index in [0.29, 0.717) is 5.56 Å². The van der Waals surface area contributed by atoms with Crippen molar-refractivity contribution in [2.45, 2.75) is 51.6 Å². The second-order valence-corrected chi connectivity index (χ2v) is 6.57. The molecule has 1 saturated carbocycles. The highest BCUT2D eigenvalue weighted by molar-refractivity contribution is 6.38. The minimum absolute atomic E-state index is 0.0709. The maximum Gasteiger partial charge on any atom is 0.418 e. The van der Waals surface area contributed by atoms with Crippen LogP contribution in [0, 0.1) is 5.92 Å². The number of hydrogen-bond acceptors (Lipinski definition) is 3. The first-order valence-electron chi connectivity index (χ1n) is 8.24. The van der Waals surface area contributed by atoms with Crippen molar-refractivity contribution >= 4 is 17.4 Å². The van der Waals surface area contributed by atoms with Crippen molar-refractivity contribution in [2.75, 3.05) is 6.61 Å². The highest BCUT2D eigenvalue weighted by Crippen LogP contribution is 2.50. The average Bonchev–Trinajstić information content (AvgIpc) is 3.34. The van der Waals surface area contributed by atoms with Crippen LogP contribution in [0.3, 0.4) is 0 Å². The Bertz CT molecular complexity index is 705. The number of carbonyl (C=O) groups is 1. The predicted octanol–water partition coefficient (Wildman–Crippen LogP) is 4.97. The molecule has 2 aliphatic rings. The number of halogens is 3. The van der Waals surface area contributed by atoms with Gasteiger partial charge in [-0.3, -0.25) is 0 Å². The van der Waals surface area contributed by atoms with Gasteiger partial charge in [-0.15, -0.1) is 0 Å². The summed E-state index contributed by atoms with van der Waals surface area (Å²) in [5.41, 5.74) is 0.506. The molecule has 1 fully saturated rings. The van der Waals surface area contributed by atoms with Crippen molar-refractivity contribution in [3.63, 3.8) is 0 Å². The van der Waals surface area contributed by atoms with Gasteiger partial charge in [-0.2, -0.15) is 13.2 Å². The van der Waals surface area contributed by atoms with Crippen LogP contribution in [-0.4, -0.2) is 18.3 Å². The number of rotatable bonds is 3. The largest absolute Gasteiger partial charge is 0.461 e. The van der Waals surface area contributed by atoms with E-state index in [1.54, 1.807) is 13.8 Å². The third kappa shape index (κ3) is 2.94. The lowest BCUT2D eigenvalue weighted by molar-refractivity contribution is -0.138. The monoisotopic (exact) mass is 339 g/mol. The molecule has 0 bridgehead atoms. The second-order valence-electron chi connectivity index (χ2n) is 6.57. The fraction of sp³-hybridized carbons (Fsp3) is 0.556. The average molecular weight is 339 g/mol. The number of nitrogens with zero attached hydrogens (tertiary/aromatic N) is 1. The van der Waals surface area contributed by atoms with E-state index in [9.17, 15) is 18.0 Å². The third-order valence-corrected chi connectivity index (χ3v) is 4.90. The van der Waals surface area contributed by atoms with Gasteiger partial charge in [0.2, 0.25) is 0 Å². The van der Waals surface area contributed by atoms with Gasteiger partial charge in [0, 0.05) is 5.92 Å². The van der Waals surface area contributed by atoms with Crippen LogP contribution in [0.15, 0.2) is 17.1 Å². The summed E-state index contributed by atoms with van der Waals surface area (Å²) in [7, 11) is 0. The summed E-state index contributed by atoms with van der Waals surface area (Å²) in [6.45, 7) is 5.47.